The van der Waals surface area contributed by atoms with Gasteiger partial charge in [-0.25, -0.2) is 0 Å². The number of aliphatic hydroxyl groups excluding tert-OH is 1. The minimum Gasteiger partial charge on any atom is -0.392 e. The molecule has 1 fully saturated rings. The minimum atomic E-state index is -0.144. The van der Waals surface area contributed by atoms with E-state index in [9.17, 15) is 5.11 Å². The van der Waals surface area contributed by atoms with Crippen molar-refractivity contribution in [3.8, 4) is 0 Å². The Morgan fingerprint density at radius 2 is 2.07 bits per heavy atom. The van der Waals surface area contributed by atoms with E-state index in [-0.39, 0.29) is 6.10 Å². The first-order valence-electron chi connectivity index (χ1n) is 6.15. The van der Waals surface area contributed by atoms with Crippen molar-refractivity contribution in [3.63, 3.8) is 0 Å². The minimum absolute atomic E-state index is 0.144. The molecule has 0 aromatic heterocycles. The van der Waals surface area contributed by atoms with Crippen molar-refractivity contribution in [2.24, 2.45) is 5.92 Å². The maximum atomic E-state index is 9.60. The summed E-state index contributed by atoms with van der Waals surface area (Å²) in [7, 11) is 0. The van der Waals surface area contributed by atoms with Crippen molar-refractivity contribution in [1.82, 2.24) is 5.32 Å². The molecular weight excluding hydrogens is 174 g/mol. The van der Waals surface area contributed by atoms with E-state index in [1.807, 2.05) is 0 Å². The maximum absolute atomic E-state index is 9.60. The molecule has 0 radical (unpaired) electrons. The number of rotatable bonds is 5. The molecule has 0 saturated heterocycles. The van der Waals surface area contributed by atoms with Gasteiger partial charge in [-0.2, -0.15) is 0 Å². The molecule has 84 valence electrons. The number of aliphatic hydroxyl groups is 1. The molecule has 1 aliphatic carbocycles. The van der Waals surface area contributed by atoms with Crippen LogP contribution in [-0.2, 0) is 0 Å². The molecule has 3 atom stereocenters. The predicted octanol–water partition coefficient (Wildman–Crippen LogP) is 2.32. The predicted molar refractivity (Wildman–Crippen MR) is 60.3 cm³/mol. The summed E-state index contributed by atoms with van der Waals surface area (Å²) in [4.78, 5) is 0. The quantitative estimate of drug-likeness (QED) is 0.712. The molecular formula is C12H25NO. The van der Waals surface area contributed by atoms with Crippen LogP contribution in [0.3, 0.4) is 0 Å². The first kappa shape index (κ1) is 12.0. The molecule has 2 nitrogen and oxygen atoms in total. The van der Waals surface area contributed by atoms with Crippen molar-refractivity contribution in [3.05, 3.63) is 0 Å². The highest BCUT2D eigenvalue weighted by Gasteiger charge is 2.20. The third-order valence-corrected chi connectivity index (χ3v) is 3.35. The third-order valence-electron chi connectivity index (χ3n) is 3.35. The van der Waals surface area contributed by atoms with Gasteiger partial charge in [-0.3, -0.25) is 0 Å². The molecule has 3 unspecified atom stereocenters. The first-order valence-corrected chi connectivity index (χ1v) is 6.15. The highest BCUT2D eigenvalue weighted by Crippen LogP contribution is 2.23. The summed E-state index contributed by atoms with van der Waals surface area (Å²) >= 11 is 0. The van der Waals surface area contributed by atoms with Gasteiger partial charge in [0.25, 0.3) is 0 Å². The summed E-state index contributed by atoms with van der Waals surface area (Å²) in [5.74, 6) is 0.789. The summed E-state index contributed by atoms with van der Waals surface area (Å²) in [6, 6.07) is 0.648. The zero-order chi connectivity index (χ0) is 10.4. The fraction of sp³-hybridized carbons (Fsp3) is 1.00. The molecule has 0 spiro atoms. The van der Waals surface area contributed by atoms with Crippen LogP contribution in [0.1, 0.15) is 52.4 Å². The van der Waals surface area contributed by atoms with Crippen LogP contribution in [0.5, 0.6) is 0 Å². The van der Waals surface area contributed by atoms with Crippen LogP contribution in [0.15, 0.2) is 0 Å². The summed E-state index contributed by atoms with van der Waals surface area (Å²) < 4.78 is 0. The van der Waals surface area contributed by atoms with E-state index in [1.165, 1.54) is 25.7 Å². The normalized spacial score (nSPS) is 30.2. The highest BCUT2D eigenvalue weighted by atomic mass is 16.3. The van der Waals surface area contributed by atoms with Gasteiger partial charge in [-0.15, -0.1) is 0 Å². The van der Waals surface area contributed by atoms with E-state index in [2.05, 4.69) is 19.2 Å². The first-order chi connectivity index (χ1) is 6.74. The van der Waals surface area contributed by atoms with Gasteiger partial charge in [-0.05, 0) is 25.2 Å². The Labute approximate surface area is 88.1 Å². The van der Waals surface area contributed by atoms with Crippen LogP contribution in [0.4, 0.5) is 0 Å². The van der Waals surface area contributed by atoms with Gasteiger partial charge in [0.05, 0.1) is 6.10 Å². The van der Waals surface area contributed by atoms with E-state index >= 15 is 0 Å². The van der Waals surface area contributed by atoms with Gasteiger partial charge >= 0.3 is 0 Å². The van der Waals surface area contributed by atoms with Crippen LogP contribution in [0.25, 0.3) is 0 Å². The zero-order valence-corrected chi connectivity index (χ0v) is 9.63. The molecule has 0 aromatic rings. The van der Waals surface area contributed by atoms with Gasteiger partial charge in [0, 0.05) is 12.6 Å². The second kappa shape index (κ2) is 6.41. The largest absolute Gasteiger partial charge is 0.392 e. The molecule has 1 rings (SSSR count). The van der Waals surface area contributed by atoms with Gasteiger partial charge < -0.3 is 10.4 Å². The lowest BCUT2D eigenvalue weighted by Crippen LogP contribution is -2.41. The Morgan fingerprint density at radius 3 is 2.71 bits per heavy atom. The van der Waals surface area contributed by atoms with E-state index in [4.69, 9.17) is 0 Å². The average molecular weight is 199 g/mol. The molecule has 2 N–H and O–H groups in total. The zero-order valence-electron chi connectivity index (χ0n) is 9.63. The Hall–Kier alpha value is -0.0800. The maximum Gasteiger partial charge on any atom is 0.0664 e. The standard InChI is InChI=1S/C12H25NO/c1-3-6-11(14)9-13-12-8-5-4-7-10(12)2/h10-14H,3-9H2,1-2H3. The van der Waals surface area contributed by atoms with Crippen molar-refractivity contribution in [2.45, 2.75) is 64.5 Å². The second-order valence-electron chi connectivity index (χ2n) is 4.72. The van der Waals surface area contributed by atoms with Crippen LogP contribution < -0.4 is 5.32 Å². The molecule has 0 aliphatic heterocycles. The number of hydrogen-bond donors (Lipinski definition) is 2. The molecule has 0 heterocycles. The Balaban J connectivity index is 2.15. The fourth-order valence-corrected chi connectivity index (χ4v) is 2.34. The summed E-state index contributed by atoms with van der Waals surface area (Å²) in [5.41, 5.74) is 0. The molecule has 1 aliphatic rings. The topological polar surface area (TPSA) is 32.3 Å². The average Bonchev–Trinajstić information content (AvgIpc) is 2.17. The Bertz CT molecular complexity index is 149. The molecule has 0 aromatic carbocycles. The number of hydrogen-bond acceptors (Lipinski definition) is 2. The Kier molecular flexibility index (Phi) is 5.49. The molecule has 14 heavy (non-hydrogen) atoms. The lowest BCUT2D eigenvalue weighted by molar-refractivity contribution is 0.146. The summed E-state index contributed by atoms with van der Waals surface area (Å²) in [5, 5.41) is 13.1. The van der Waals surface area contributed by atoms with Crippen molar-refractivity contribution in [2.75, 3.05) is 6.54 Å². The molecule has 2 heteroatoms. The smallest absolute Gasteiger partial charge is 0.0664 e. The molecule has 0 bridgehead atoms. The Morgan fingerprint density at radius 1 is 1.36 bits per heavy atom. The van der Waals surface area contributed by atoms with E-state index in [0.717, 1.165) is 25.3 Å². The highest BCUT2D eigenvalue weighted by molar-refractivity contribution is 4.78. The van der Waals surface area contributed by atoms with Crippen LogP contribution >= 0.6 is 0 Å². The van der Waals surface area contributed by atoms with Gasteiger partial charge in [0.1, 0.15) is 0 Å². The van der Waals surface area contributed by atoms with Crippen LogP contribution in [0.2, 0.25) is 0 Å². The van der Waals surface area contributed by atoms with Gasteiger partial charge in [-0.1, -0.05) is 33.1 Å². The van der Waals surface area contributed by atoms with E-state index in [1.54, 1.807) is 0 Å². The van der Waals surface area contributed by atoms with Crippen LogP contribution in [0, 0.1) is 5.92 Å². The van der Waals surface area contributed by atoms with Crippen molar-refractivity contribution >= 4 is 0 Å². The second-order valence-corrected chi connectivity index (χ2v) is 4.72. The summed E-state index contributed by atoms with van der Waals surface area (Å²) in [6.45, 7) is 5.22. The number of nitrogens with one attached hydrogen (secondary N) is 1. The fourth-order valence-electron chi connectivity index (χ4n) is 2.34. The van der Waals surface area contributed by atoms with Crippen LogP contribution in [-0.4, -0.2) is 23.8 Å². The van der Waals surface area contributed by atoms with E-state index < -0.39 is 0 Å². The van der Waals surface area contributed by atoms with Gasteiger partial charge in [0.15, 0.2) is 0 Å². The SMILES string of the molecule is CCCC(O)CNC1CCCCC1C. The third kappa shape index (κ3) is 3.97. The van der Waals surface area contributed by atoms with Gasteiger partial charge in [0.2, 0.25) is 0 Å². The molecule has 1 saturated carbocycles. The monoisotopic (exact) mass is 199 g/mol. The van der Waals surface area contributed by atoms with E-state index in [0.29, 0.717) is 6.04 Å². The van der Waals surface area contributed by atoms with Crippen molar-refractivity contribution < 1.29 is 5.11 Å². The summed E-state index contributed by atoms with van der Waals surface area (Å²) in [6.07, 6.45) is 7.23. The van der Waals surface area contributed by atoms with Crippen molar-refractivity contribution in [1.29, 1.82) is 0 Å². The molecule has 0 amide bonds. The lowest BCUT2D eigenvalue weighted by atomic mass is 9.86. The lowest BCUT2D eigenvalue weighted by Gasteiger charge is -2.30.